The minimum absolute atomic E-state index is 0.755. The fourth-order valence-corrected chi connectivity index (χ4v) is 8.28. The zero-order chi connectivity index (χ0) is 29.3. The first-order chi connectivity index (χ1) is 21.0. The molecule has 0 bridgehead atoms. The van der Waals surface area contributed by atoms with Gasteiger partial charge >= 0.3 is 0 Å². The van der Waals surface area contributed by atoms with Gasteiger partial charge in [0.15, 0.2) is 0 Å². The molecule has 0 atom stereocenters. The molecule has 1 nitrogen and oxygen atoms in total. The zero-order valence-corrected chi connectivity index (χ0v) is 25.4. The lowest BCUT2D eigenvalue weighted by atomic mass is 9.83. The number of hydrogen-bond donors (Lipinski definition) is 0. The number of rotatable bonds is 4. The molecule has 0 aliphatic heterocycles. The zero-order valence-electron chi connectivity index (χ0n) is 23.9. The van der Waals surface area contributed by atoms with Crippen molar-refractivity contribution in [3.05, 3.63) is 172 Å². The summed E-state index contributed by atoms with van der Waals surface area (Å²) >= 11 is 15.6. The van der Waals surface area contributed by atoms with Crippen LogP contribution in [-0.2, 0) is 9.75 Å². The van der Waals surface area contributed by atoms with Gasteiger partial charge in [0.25, 0.3) is 0 Å². The predicted molar refractivity (Wildman–Crippen MR) is 178 cm³/mol. The Balaban J connectivity index is 1.33. The molecule has 0 radical (unpaired) electrons. The van der Waals surface area contributed by atoms with Gasteiger partial charge in [0.05, 0.1) is 7.11 Å². The predicted octanol–water partition coefficient (Wildman–Crippen LogP) is 10.7. The standard InChI is InChI=1S/C40H28Cl2O/c1-25-19-20-26(23-36(25)39(41)32-15-7-3-11-28(32)29-12-4-8-16-33(29)39)27-21-22-38(43-2)37(24-27)40(42)34-17-9-5-13-30(34)31-14-6-10-18-35(31)40/h3-24H,1-2H3. The van der Waals surface area contributed by atoms with Gasteiger partial charge in [0, 0.05) is 5.56 Å². The third-order valence-corrected chi connectivity index (χ3v) is 10.5. The number of methoxy groups -OCH3 is 1. The van der Waals surface area contributed by atoms with E-state index >= 15 is 0 Å². The summed E-state index contributed by atoms with van der Waals surface area (Å²) in [5, 5.41) is 0. The highest BCUT2D eigenvalue weighted by Crippen LogP contribution is 2.58. The number of hydrogen-bond acceptors (Lipinski definition) is 1. The van der Waals surface area contributed by atoms with Crippen molar-refractivity contribution in [2.75, 3.05) is 7.11 Å². The second-order valence-electron chi connectivity index (χ2n) is 11.4. The number of alkyl halides is 2. The first-order valence-corrected chi connectivity index (χ1v) is 15.3. The van der Waals surface area contributed by atoms with Crippen LogP contribution in [0, 0.1) is 6.92 Å². The summed E-state index contributed by atoms with van der Waals surface area (Å²) in [4.78, 5) is -1.68. The molecule has 6 aromatic carbocycles. The van der Waals surface area contributed by atoms with Crippen molar-refractivity contribution in [1.29, 1.82) is 0 Å². The van der Waals surface area contributed by atoms with Crippen LogP contribution in [0.2, 0.25) is 0 Å². The van der Waals surface area contributed by atoms with Gasteiger partial charge in [0.1, 0.15) is 15.5 Å². The first-order valence-electron chi connectivity index (χ1n) is 14.5. The van der Waals surface area contributed by atoms with Crippen LogP contribution in [0.4, 0.5) is 0 Å². The molecule has 0 heterocycles. The molecule has 0 spiro atoms. The van der Waals surface area contributed by atoms with E-state index in [2.05, 4.69) is 134 Å². The Labute approximate surface area is 262 Å². The Morgan fingerprint density at radius 1 is 0.442 bits per heavy atom. The van der Waals surface area contributed by atoms with Crippen LogP contribution in [0.5, 0.6) is 5.75 Å². The Morgan fingerprint density at radius 3 is 1.26 bits per heavy atom. The summed E-state index contributed by atoms with van der Waals surface area (Å²) in [6.45, 7) is 2.15. The summed E-state index contributed by atoms with van der Waals surface area (Å²) < 4.78 is 5.96. The van der Waals surface area contributed by atoms with E-state index in [1.165, 1.54) is 11.1 Å². The molecule has 2 aliphatic rings. The molecular formula is C40H28Cl2O. The maximum atomic E-state index is 7.80. The van der Waals surface area contributed by atoms with E-state index in [9.17, 15) is 0 Å². The molecule has 0 unspecified atom stereocenters. The number of aryl methyl sites for hydroxylation is 1. The second kappa shape index (κ2) is 9.61. The minimum Gasteiger partial charge on any atom is -0.496 e. The van der Waals surface area contributed by atoms with Crippen molar-refractivity contribution in [2.45, 2.75) is 16.7 Å². The lowest BCUT2D eigenvalue weighted by molar-refractivity contribution is 0.408. The average molecular weight is 596 g/mol. The molecule has 0 saturated carbocycles. The van der Waals surface area contributed by atoms with Gasteiger partial charge in [0.2, 0.25) is 0 Å². The fourth-order valence-electron chi connectivity index (χ4n) is 7.27. The van der Waals surface area contributed by atoms with Crippen molar-refractivity contribution >= 4 is 23.2 Å². The third-order valence-electron chi connectivity index (χ3n) is 9.29. The SMILES string of the molecule is COc1ccc(-c2ccc(C)c(C3(Cl)c4ccccc4-c4ccccc43)c2)cc1C1(Cl)c2ccccc2-c2ccccc21. The Bertz CT molecular complexity index is 1980. The molecule has 3 heteroatoms. The molecule has 208 valence electrons. The van der Waals surface area contributed by atoms with Gasteiger partial charge in [-0.25, -0.2) is 0 Å². The molecule has 0 fully saturated rings. The summed E-state index contributed by atoms with van der Waals surface area (Å²) in [7, 11) is 1.71. The topological polar surface area (TPSA) is 9.23 Å². The van der Waals surface area contributed by atoms with Crippen LogP contribution in [0.1, 0.15) is 38.9 Å². The van der Waals surface area contributed by atoms with E-state index in [1.807, 2.05) is 6.07 Å². The summed E-state index contributed by atoms with van der Waals surface area (Å²) in [5.41, 5.74) is 14.3. The van der Waals surface area contributed by atoms with Gasteiger partial charge in [-0.3, -0.25) is 0 Å². The van der Waals surface area contributed by atoms with Crippen LogP contribution in [-0.4, -0.2) is 7.11 Å². The molecule has 0 saturated heterocycles. The highest BCUT2D eigenvalue weighted by atomic mass is 35.5. The Morgan fingerprint density at radius 2 is 0.814 bits per heavy atom. The minimum atomic E-state index is -0.890. The smallest absolute Gasteiger partial charge is 0.124 e. The molecule has 0 aromatic heterocycles. The molecule has 8 rings (SSSR count). The van der Waals surface area contributed by atoms with Gasteiger partial charge in [-0.15, -0.1) is 23.2 Å². The monoisotopic (exact) mass is 594 g/mol. The molecular weight excluding hydrogens is 567 g/mol. The lowest BCUT2D eigenvalue weighted by Gasteiger charge is -2.29. The summed E-state index contributed by atoms with van der Waals surface area (Å²) in [5.74, 6) is 0.755. The molecule has 43 heavy (non-hydrogen) atoms. The number of fused-ring (bicyclic) bond motifs is 6. The molecule has 6 aromatic rings. The number of halogens is 2. The van der Waals surface area contributed by atoms with E-state index < -0.39 is 9.75 Å². The van der Waals surface area contributed by atoms with E-state index in [4.69, 9.17) is 27.9 Å². The van der Waals surface area contributed by atoms with Crippen molar-refractivity contribution in [1.82, 2.24) is 0 Å². The summed E-state index contributed by atoms with van der Waals surface area (Å²) in [6.07, 6.45) is 0. The highest BCUT2D eigenvalue weighted by molar-refractivity contribution is 6.31. The molecule has 0 N–H and O–H groups in total. The quantitative estimate of drug-likeness (QED) is 0.184. The second-order valence-corrected chi connectivity index (χ2v) is 12.6. The van der Waals surface area contributed by atoms with Crippen LogP contribution in [0.15, 0.2) is 133 Å². The highest BCUT2D eigenvalue weighted by Gasteiger charge is 2.46. The Kier molecular flexibility index (Phi) is 5.88. The molecule has 2 aliphatic carbocycles. The van der Waals surface area contributed by atoms with Gasteiger partial charge in [-0.05, 0) is 91.9 Å². The maximum Gasteiger partial charge on any atom is 0.124 e. The fraction of sp³-hybridized carbons (Fsp3) is 0.100. The van der Waals surface area contributed by atoms with Crippen molar-refractivity contribution in [2.24, 2.45) is 0 Å². The lowest BCUT2D eigenvalue weighted by Crippen LogP contribution is -2.21. The van der Waals surface area contributed by atoms with Crippen molar-refractivity contribution in [3.8, 4) is 39.1 Å². The van der Waals surface area contributed by atoms with Crippen LogP contribution in [0.3, 0.4) is 0 Å². The molecule has 0 amide bonds. The number of benzene rings is 6. The van der Waals surface area contributed by atoms with Crippen molar-refractivity contribution in [3.63, 3.8) is 0 Å². The first kappa shape index (κ1) is 26.3. The van der Waals surface area contributed by atoms with E-state index in [-0.39, 0.29) is 0 Å². The van der Waals surface area contributed by atoms with Gasteiger partial charge < -0.3 is 4.74 Å². The maximum absolute atomic E-state index is 7.80. The van der Waals surface area contributed by atoms with Crippen molar-refractivity contribution < 1.29 is 4.74 Å². The van der Waals surface area contributed by atoms with E-state index in [1.54, 1.807) is 7.11 Å². The average Bonchev–Trinajstić information content (AvgIpc) is 3.48. The van der Waals surface area contributed by atoms with Crippen LogP contribution < -0.4 is 4.74 Å². The normalized spacial score (nSPS) is 14.9. The largest absolute Gasteiger partial charge is 0.496 e. The van der Waals surface area contributed by atoms with Crippen LogP contribution in [0.25, 0.3) is 33.4 Å². The van der Waals surface area contributed by atoms with Gasteiger partial charge in [-0.2, -0.15) is 0 Å². The number of ether oxygens (including phenoxy) is 1. The Hall–Kier alpha value is -4.30. The van der Waals surface area contributed by atoms with Gasteiger partial charge in [-0.1, -0.05) is 115 Å². The van der Waals surface area contributed by atoms with E-state index in [0.29, 0.717) is 0 Å². The van der Waals surface area contributed by atoms with Crippen LogP contribution >= 0.6 is 23.2 Å². The van der Waals surface area contributed by atoms with E-state index in [0.717, 1.165) is 66.9 Å². The summed E-state index contributed by atoms with van der Waals surface area (Å²) in [6, 6.07) is 46.7. The third kappa shape index (κ3) is 3.59.